The van der Waals surface area contributed by atoms with Crippen LogP contribution in [0.5, 0.6) is 0 Å². The minimum atomic E-state index is -1.07. The lowest BCUT2D eigenvalue weighted by molar-refractivity contribution is -0.169. The van der Waals surface area contributed by atoms with Gasteiger partial charge in [-0.2, -0.15) is 0 Å². The topological polar surface area (TPSA) is 76.2 Å². The van der Waals surface area contributed by atoms with Gasteiger partial charge in [-0.15, -0.1) is 0 Å². The van der Waals surface area contributed by atoms with Crippen LogP contribution < -0.4 is 0 Å². The molecule has 0 saturated carbocycles. The Morgan fingerprint density at radius 3 is 2.60 bits per heavy atom. The lowest BCUT2D eigenvalue weighted by Crippen LogP contribution is -2.55. The van der Waals surface area contributed by atoms with Gasteiger partial charge in [-0.05, 0) is 38.2 Å². The lowest BCUT2D eigenvalue weighted by Gasteiger charge is -2.43. The van der Waals surface area contributed by atoms with Crippen molar-refractivity contribution in [1.82, 2.24) is 9.80 Å². The normalized spacial score (nSPS) is 21.5. The fourth-order valence-electron chi connectivity index (χ4n) is 3.41. The number of benzene rings is 1. The van der Waals surface area contributed by atoms with Crippen LogP contribution in [0.2, 0.25) is 5.02 Å². The second kappa shape index (κ2) is 11.8. The van der Waals surface area contributed by atoms with Crippen molar-refractivity contribution in [2.24, 2.45) is 0 Å². The molecule has 0 N–H and O–H groups in total. The number of halogens is 1. The van der Waals surface area contributed by atoms with Crippen molar-refractivity contribution in [1.29, 1.82) is 0 Å². The molecule has 1 heterocycles. The molecule has 0 bridgehead atoms. The second-order valence-corrected chi connectivity index (χ2v) is 9.65. The molecule has 4 atom stereocenters. The Bertz CT molecular complexity index is 743. The monoisotopic (exact) mass is 458 g/mol. The Kier molecular flexibility index (Phi) is 9.74. The van der Waals surface area contributed by atoms with E-state index in [0.717, 1.165) is 5.56 Å². The van der Waals surface area contributed by atoms with Crippen LogP contribution in [0.4, 0.5) is 0 Å². The first kappa shape index (κ1) is 24.8. The van der Waals surface area contributed by atoms with Gasteiger partial charge in [0.25, 0.3) is 5.91 Å². The fourth-order valence-corrected chi connectivity index (χ4v) is 5.10. The average Bonchev–Trinajstić information content (AvgIpc) is 2.72. The van der Waals surface area contributed by atoms with E-state index in [1.807, 2.05) is 38.1 Å². The van der Waals surface area contributed by atoms with Crippen molar-refractivity contribution in [2.45, 2.75) is 38.0 Å². The first-order chi connectivity index (χ1) is 14.3. The molecule has 0 spiro atoms. The summed E-state index contributed by atoms with van der Waals surface area (Å²) in [6, 6.07) is 6.72. The summed E-state index contributed by atoms with van der Waals surface area (Å²) in [6.07, 6.45) is -0.390. The minimum absolute atomic E-state index is 0.140. The van der Waals surface area contributed by atoms with Gasteiger partial charge in [-0.3, -0.25) is 13.8 Å². The van der Waals surface area contributed by atoms with Crippen molar-refractivity contribution in [3.05, 3.63) is 34.9 Å². The Morgan fingerprint density at radius 2 is 2.03 bits per heavy atom. The molecule has 0 aliphatic carbocycles. The van der Waals surface area contributed by atoms with Crippen molar-refractivity contribution in [2.75, 3.05) is 45.9 Å². The predicted molar refractivity (Wildman–Crippen MR) is 118 cm³/mol. The van der Waals surface area contributed by atoms with Crippen molar-refractivity contribution in [3.8, 4) is 0 Å². The van der Waals surface area contributed by atoms with E-state index in [-0.39, 0.29) is 31.0 Å². The number of ether oxygens (including phenoxy) is 2. The van der Waals surface area contributed by atoms with Gasteiger partial charge in [-0.1, -0.05) is 30.7 Å². The second-order valence-electron chi connectivity index (χ2n) is 7.59. The van der Waals surface area contributed by atoms with E-state index in [4.69, 9.17) is 21.1 Å². The quantitative estimate of drug-likeness (QED) is 0.500. The van der Waals surface area contributed by atoms with E-state index in [0.29, 0.717) is 29.5 Å². The summed E-state index contributed by atoms with van der Waals surface area (Å²) in [5, 5.41) is 0.605. The van der Waals surface area contributed by atoms with Gasteiger partial charge in [0, 0.05) is 39.9 Å². The zero-order valence-corrected chi connectivity index (χ0v) is 19.6. The molecule has 1 saturated heterocycles. The van der Waals surface area contributed by atoms with Crippen molar-refractivity contribution in [3.63, 3.8) is 0 Å². The summed E-state index contributed by atoms with van der Waals surface area (Å²) < 4.78 is 23.2. The first-order valence-corrected chi connectivity index (χ1v) is 11.9. The molecular weight excluding hydrogens is 428 g/mol. The molecule has 30 heavy (non-hydrogen) atoms. The van der Waals surface area contributed by atoms with E-state index in [2.05, 4.69) is 0 Å². The third kappa shape index (κ3) is 6.77. The van der Waals surface area contributed by atoms with Crippen LogP contribution in [0.25, 0.3) is 0 Å². The molecule has 0 radical (unpaired) electrons. The number of amides is 1. The molecule has 1 aromatic carbocycles. The van der Waals surface area contributed by atoms with Crippen LogP contribution in [0.1, 0.15) is 31.4 Å². The Hall–Kier alpha value is -1.48. The van der Waals surface area contributed by atoms with E-state index >= 15 is 0 Å². The molecule has 1 aliphatic heterocycles. The molecule has 9 heteroatoms. The van der Waals surface area contributed by atoms with Gasteiger partial charge in [0.05, 0.1) is 26.2 Å². The molecule has 0 aromatic heterocycles. The highest BCUT2D eigenvalue weighted by Crippen LogP contribution is 2.32. The van der Waals surface area contributed by atoms with Gasteiger partial charge in [-0.25, -0.2) is 0 Å². The maximum Gasteiger partial charge on any atom is 0.308 e. The van der Waals surface area contributed by atoms with Crippen LogP contribution in [0.15, 0.2) is 24.3 Å². The predicted octanol–water partition coefficient (Wildman–Crippen LogP) is 2.26. The minimum Gasteiger partial charge on any atom is -0.469 e. The van der Waals surface area contributed by atoms with Crippen LogP contribution in [0, 0.1) is 0 Å². The standard InChI is InChI=1S/C21H31ClN2O5S/c1-5-17(14-30(27)11-10-23(2)3)24-18(15-6-8-16(22)9-7-15)13-29-19(21(24)26)12-20(25)28-4/h6-9,17-19H,5,10-14H2,1-4H3. The number of carbonyl (C=O) groups is 2. The Labute approximate surface area is 186 Å². The maximum absolute atomic E-state index is 13.3. The number of hydrogen-bond acceptors (Lipinski definition) is 6. The van der Waals surface area contributed by atoms with Crippen LogP contribution >= 0.6 is 11.6 Å². The van der Waals surface area contributed by atoms with Gasteiger partial charge in [0.15, 0.2) is 0 Å². The van der Waals surface area contributed by atoms with Crippen molar-refractivity contribution >= 4 is 34.3 Å². The third-order valence-electron chi connectivity index (χ3n) is 5.16. The molecule has 1 fully saturated rings. The highest BCUT2D eigenvalue weighted by molar-refractivity contribution is 7.85. The first-order valence-electron chi connectivity index (χ1n) is 10.0. The Morgan fingerprint density at radius 1 is 1.37 bits per heavy atom. The van der Waals surface area contributed by atoms with E-state index in [1.165, 1.54) is 7.11 Å². The largest absolute Gasteiger partial charge is 0.469 e. The molecule has 4 unspecified atom stereocenters. The molecule has 1 amide bonds. The number of methoxy groups -OCH3 is 1. The van der Waals surface area contributed by atoms with Crippen molar-refractivity contribution < 1.29 is 23.3 Å². The molecule has 2 rings (SSSR count). The van der Waals surface area contributed by atoms with Gasteiger partial charge >= 0.3 is 5.97 Å². The highest BCUT2D eigenvalue weighted by Gasteiger charge is 2.41. The number of esters is 1. The lowest BCUT2D eigenvalue weighted by atomic mass is 9.99. The smallest absolute Gasteiger partial charge is 0.308 e. The van der Waals surface area contributed by atoms with Gasteiger partial charge in [0.1, 0.15) is 6.10 Å². The molecule has 168 valence electrons. The summed E-state index contributed by atoms with van der Waals surface area (Å²) >= 11 is 6.02. The molecular formula is C21H31ClN2O5S. The van der Waals surface area contributed by atoms with Crippen LogP contribution in [0.3, 0.4) is 0 Å². The van der Waals surface area contributed by atoms with Crippen LogP contribution in [-0.2, 0) is 29.9 Å². The number of carbonyl (C=O) groups excluding carboxylic acids is 2. The van der Waals surface area contributed by atoms with E-state index < -0.39 is 22.9 Å². The zero-order valence-electron chi connectivity index (χ0n) is 18.0. The number of rotatable bonds is 10. The fraction of sp³-hybridized carbons (Fsp3) is 0.619. The van der Waals surface area contributed by atoms with Gasteiger partial charge < -0.3 is 19.3 Å². The molecule has 1 aliphatic rings. The average molecular weight is 459 g/mol. The SMILES string of the molecule is CCC(CS(=O)CCN(C)C)N1C(=O)C(CC(=O)OC)OCC1c1ccc(Cl)cc1. The molecule has 7 nitrogen and oxygen atoms in total. The summed E-state index contributed by atoms with van der Waals surface area (Å²) in [5.41, 5.74) is 0.891. The van der Waals surface area contributed by atoms with Crippen LogP contribution in [-0.4, -0.2) is 83.9 Å². The summed E-state index contributed by atoms with van der Waals surface area (Å²) in [5.74, 6) is 0.147. The van der Waals surface area contributed by atoms with E-state index in [1.54, 1.807) is 17.0 Å². The maximum atomic E-state index is 13.3. The highest BCUT2D eigenvalue weighted by atomic mass is 35.5. The zero-order chi connectivity index (χ0) is 22.3. The summed E-state index contributed by atoms with van der Waals surface area (Å²) in [6.45, 7) is 2.94. The summed E-state index contributed by atoms with van der Waals surface area (Å²) in [4.78, 5) is 28.8. The summed E-state index contributed by atoms with van der Waals surface area (Å²) in [7, 11) is 4.09. The number of nitrogens with zero attached hydrogens (tertiary/aromatic N) is 2. The number of morpholine rings is 1. The molecule has 1 aromatic rings. The number of hydrogen-bond donors (Lipinski definition) is 0. The Balaban J connectivity index is 2.28. The van der Waals surface area contributed by atoms with E-state index in [9.17, 15) is 13.8 Å². The third-order valence-corrected chi connectivity index (χ3v) is 6.81. The van der Waals surface area contributed by atoms with Gasteiger partial charge in [0.2, 0.25) is 0 Å².